The number of sulfonamides is 1. The van der Waals surface area contributed by atoms with E-state index < -0.39 is 40.6 Å². The molecule has 2 aliphatic heterocycles. The molecule has 8 rings (SSSR count). The molecule has 0 aliphatic carbocycles. The first-order valence-corrected chi connectivity index (χ1v) is 19.7. The minimum Gasteiger partial charge on any atom is -0.390 e. The molecule has 5 heterocycles. The van der Waals surface area contributed by atoms with Crippen LogP contribution in [0.25, 0.3) is 11.2 Å². The van der Waals surface area contributed by atoms with Crippen LogP contribution in [0.5, 0.6) is 0 Å². The fourth-order valence-corrected chi connectivity index (χ4v) is 7.74. The van der Waals surface area contributed by atoms with Crippen molar-refractivity contribution in [3.63, 3.8) is 0 Å². The molecule has 8 N–H and O–H groups in total. The van der Waals surface area contributed by atoms with Crippen LogP contribution in [0, 0.1) is 0 Å². The van der Waals surface area contributed by atoms with Crippen LogP contribution in [0.3, 0.4) is 0 Å². The van der Waals surface area contributed by atoms with Gasteiger partial charge in [-0.3, -0.25) is 4.57 Å². The zero-order valence-electron chi connectivity index (χ0n) is 30.3. The topological polar surface area (TPSA) is 256 Å². The Morgan fingerprint density at radius 1 is 0.965 bits per heavy atom. The Morgan fingerprint density at radius 3 is 2.39 bits per heavy atom. The maximum atomic E-state index is 13.0. The summed E-state index contributed by atoms with van der Waals surface area (Å²) < 4.78 is 36.6. The highest BCUT2D eigenvalue weighted by Crippen LogP contribution is 2.41. The molecule has 296 valence electrons. The summed E-state index contributed by atoms with van der Waals surface area (Å²) in [4.78, 5) is 29.3. The molecule has 2 fully saturated rings. The number of ether oxygens (including phenoxy) is 1. The number of carbonyl (C=O) groups is 1. The van der Waals surface area contributed by atoms with Gasteiger partial charge in [0.2, 0.25) is 16.0 Å². The number of carbonyl (C=O) groups excluding carboxylic acids is 1. The van der Waals surface area contributed by atoms with Crippen LogP contribution in [0.15, 0.2) is 107 Å². The summed E-state index contributed by atoms with van der Waals surface area (Å²) in [6, 6.07) is 26.4. The summed E-state index contributed by atoms with van der Waals surface area (Å²) >= 11 is 0. The van der Waals surface area contributed by atoms with Gasteiger partial charge in [0, 0.05) is 43.3 Å². The van der Waals surface area contributed by atoms with E-state index in [-0.39, 0.29) is 40.6 Å². The zero-order valence-corrected chi connectivity index (χ0v) is 31.1. The van der Waals surface area contributed by atoms with Gasteiger partial charge < -0.3 is 45.4 Å². The Labute approximate surface area is 326 Å². The second kappa shape index (κ2) is 15.9. The van der Waals surface area contributed by atoms with Gasteiger partial charge in [0.25, 0.3) is 0 Å². The van der Waals surface area contributed by atoms with E-state index in [1.54, 1.807) is 6.07 Å². The maximum Gasteiger partial charge on any atom is 0.319 e. The van der Waals surface area contributed by atoms with Crippen molar-refractivity contribution in [2.75, 3.05) is 35.2 Å². The summed E-state index contributed by atoms with van der Waals surface area (Å²) in [7, 11) is -3.96. The quantitative estimate of drug-likeness (QED) is 0.0940. The normalized spacial score (nSPS) is 21.0. The van der Waals surface area contributed by atoms with Crippen LogP contribution < -0.4 is 26.0 Å². The van der Waals surface area contributed by atoms with Gasteiger partial charge in [0.05, 0.1) is 17.8 Å². The molecule has 0 radical (unpaired) electrons. The number of aliphatic hydroxyl groups excluding tert-OH is 3. The number of rotatable bonds is 12. The number of nitrogens with zero attached hydrogens (tertiary/aromatic N) is 6. The van der Waals surface area contributed by atoms with E-state index in [0.29, 0.717) is 49.0 Å². The molecule has 3 aromatic carbocycles. The van der Waals surface area contributed by atoms with Gasteiger partial charge in [-0.2, -0.15) is 9.97 Å². The number of hydrogen-bond acceptors (Lipinski definition) is 14. The molecule has 18 nitrogen and oxygen atoms in total. The van der Waals surface area contributed by atoms with Gasteiger partial charge in [-0.25, -0.2) is 23.3 Å². The number of aliphatic hydroxyl groups is 3. The molecule has 57 heavy (non-hydrogen) atoms. The van der Waals surface area contributed by atoms with Crippen LogP contribution in [-0.4, -0.2) is 92.3 Å². The predicted octanol–water partition coefficient (Wildman–Crippen LogP) is 2.59. The third-order valence-corrected chi connectivity index (χ3v) is 11.0. The average molecular weight is 797 g/mol. The minimum absolute atomic E-state index is 0.0610. The van der Waals surface area contributed by atoms with Gasteiger partial charge in [-0.1, -0.05) is 71.9 Å². The number of imidazole rings is 1. The van der Waals surface area contributed by atoms with Gasteiger partial charge >= 0.3 is 6.03 Å². The highest BCUT2D eigenvalue weighted by Gasteiger charge is 2.47. The van der Waals surface area contributed by atoms with Crippen molar-refractivity contribution < 1.29 is 37.8 Å². The van der Waals surface area contributed by atoms with Crippen LogP contribution in [-0.2, 0) is 21.4 Å². The zero-order chi connectivity index (χ0) is 39.7. The van der Waals surface area contributed by atoms with Crippen LogP contribution >= 0.6 is 0 Å². The lowest BCUT2D eigenvalue weighted by molar-refractivity contribution is -0.0434. The highest BCUT2D eigenvalue weighted by molar-refractivity contribution is 7.89. The van der Waals surface area contributed by atoms with Crippen LogP contribution in [0.2, 0.25) is 0 Å². The van der Waals surface area contributed by atoms with E-state index in [0.717, 1.165) is 11.1 Å². The van der Waals surface area contributed by atoms with Gasteiger partial charge in [0.15, 0.2) is 29.0 Å². The summed E-state index contributed by atoms with van der Waals surface area (Å²) in [5.74, 6) is 0.816. The largest absolute Gasteiger partial charge is 0.390 e. The Bertz CT molecular complexity index is 2430. The fraction of sp³-hybridized carbons (Fsp3) is 0.289. The molecular weight excluding hydrogens is 757 g/mol. The number of hydrogen-bond donors (Lipinski definition) is 7. The molecule has 0 bridgehead atoms. The summed E-state index contributed by atoms with van der Waals surface area (Å²) in [5, 5.41) is 49.9. The average Bonchev–Trinajstić information content (AvgIpc) is 4.03. The van der Waals surface area contributed by atoms with Gasteiger partial charge in [-0.15, -0.1) is 0 Å². The summed E-state index contributed by atoms with van der Waals surface area (Å²) in [6.07, 6.45) is -3.04. The molecule has 6 aromatic rings. The number of nitrogens with two attached hydrogens (primary N) is 1. The second-order valence-corrected chi connectivity index (χ2v) is 15.4. The van der Waals surface area contributed by atoms with Crippen molar-refractivity contribution in [1.29, 1.82) is 0 Å². The van der Waals surface area contributed by atoms with E-state index in [9.17, 15) is 28.5 Å². The van der Waals surface area contributed by atoms with Gasteiger partial charge in [0.1, 0.15) is 24.0 Å². The van der Waals surface area contributed by atoms with Crippen molar-refractivity contribution in [1.82, 2.24) is 30.0 Å². The van der Waals surface area contributed by atoms with E-state index in [4.69, 9.17) is 24.4 Å². The lowest BCUT2D eigenvalue weighted by Crippen LogP contribution is -2.40. The number of benzene rings is 3. The summed E-state index contributed by atoms with van der Waals surface area (Å²) in [5.41, 5.74) is 3.40. The number of anilines is 3. The van der Waals surface area contributed by atoms with Crippen molar-refractivity contribution in [3.05, 3.63) is 120 Å². The molecule has 3 aromatic heterocycles. The molecule has 0 saturated carbocycles. The monoisotopic (exact) mass is 796 g/mol. The van der Waals surface area contributed by atoms with Crippen molar-refractivity contribution in [2.24, 2.45) is 5.14 Å². The van der Waals surface area contributed by atoms with E-state index in [1.165, 1.54) is 35.2 Å². The first-order chi connectivity index (χ1) is 27.6. The minimum atomic E-state index is -3.96. The lowest BCUT2D eigenvalue weighted by atomic mass is 9.91. The Hall–Kier alpha value is -5.96. The molecule has 19 heteroatoms. The molecule has 0 spiro atoms. The van der Waals surface area contributed by atoms with Crippen LogP contribution in [0.4, 0.5) is 22.2 Å². The third-order valence-electron chi connectivity index (χ3n) is 10.0. The van der Waals surface area contributed by atoms with E-state index >= 15 is 0 Å². The molecule has 2 aliphatic rings. The number of amides is 2. The maximum absolute atomic E-state index is 13.0. The molecule has 2 amide bonds. The fourth-order valence-electron chi connectivity index (χ4n) is 7.18. The Morgan fingerprint density at radius 2 is 1.70 bits per heavy atom. The smallest absolute Gasteiger partial charge is 0.319 e. The molecule has 5 atom stereocenters. The van der Waals surface area contributed by atoms with Crippen LogP contribution in [0.1, 0.15) is 47.3 Å². The second-order valence-electron chi connectivity index (χ2n) is 13.9. The van der Waals surface area contributed by atoms with E-state index in [1.807, 2.05) is 41.3 Å². The SMILES string of the molecule is NS(=O)(=O)c1cccc(NC(=O)N[C@@H]2CCN(c3nc(NCC(c4ccccc4)c4ccccc4)c4ncn([C@@H]5O[C@H](c6cc(CO)no6)[C@@H](O)[C@@H]5O)c4n3)C2)c1. The number of urea groups is 1. The number of fused-ring (bicyclic) bond motifs is 1. The van der Waals surface area contributed by atoms with Crippen molar-refractivity contribution in [3.8, 4) is 0 Å². The van der Waals surface area contributed by atoms with Crippen molar-refractivity contribution >= 4 is 44.7 Å². The third kappa shape index (κ3) is 8.01. The molecular formula is C38H40N10O8S. The van der Waals surface area contributed by atoms with Crippen molar-refractivity contribution in [2.45, 2.75) is 54.4 Å². The Balaban J connectivity index is 1.08. The van der Waals surface area contributed by atoms with Gasteiger partial charge in [-0.05, 0) is 35.7 Å². The Kier molecular flexibility index (Phi) is 10.6. The number of aromatic nitrogens is 5. The number of primary sulfonamides is 1. The molecule has 2 saturated heterocycles. The number of nitrogens with one attached hydrogen (secondary N) is 3. The molecule has 0 unspecified atom stereocenters. The standard InChI is InChI=1S/C38H40N10O8S/c39-57(53,54)27-13-7-12-24(16-27)42-38(52)43-25-14-15-47(19-25)37-44-34(40-18-28(22-8-3-1-4-9-22)23-10-5-2-6-11-23)30-35(45-37)48(21-41-30)36-32(51)31(50)33(55-36)29-17-26(20-49)46-56-29/h1-13,16-17,21,25,28,31-33,36,49-51H,14-15,18-20H2,(H2,39,53,54)(H,40,44,45)(H2,42,43,52)/t25-,31+,32+,33-,36-/m1/s1. The van der Waals surface area contributed by atoms with E-state index in [2.05, 4.69) is 50.4 Å². The summed E-state index contributed by atoms with van der Waals surface area (Å²) in [6.45, 7) is 0.874. The first kappa shape index (κ1) is 37.9. The predicted molar refractivity (Wildman–Crippen MR) is 206 cm³/mol. The first-order valence-electron chi connectivity index (χ1n) is 18.2. The highest BCUT2D eigenvalue weighted by atomic mass is 32.2. The lowest BCUT2D eigenvalue weighted by Gasteiger charge is -2.22.